The van der Waals surface area contributed by atoms with Gasteiger partial charge in [0.1, 0.15) is 5.82 Å². The summed E-state index contributed by atoms with van der Waals surface area (Å²) in [5, 5.41) is 11.6. The molecule has 1 N–H and O–H groups in total. The first-order chi connectivity index (χ1) is 14.9. The second-order valence-electron chi connectivity index (χ2n) is 7.31. The molecule has 31 heavy (non-hydrogen) atoms. The maximum absolute atomic E-state index is 13.8. The van der Waals surface area contributed by atoms with Crippen LogP contribution in [0.3, 0.4) is 0 Å². The van der Waals surface area contributed by atoms with Crippen LogP contribution in [0.15, 0.2) is 65.4 Å². The summed E-state index contributed by atoms with van der Waals surface area (Å²) in [5.41, 5.74) is 4.57. The Labute approximate surface area is 187 Å². The Kier molecular flexibility index (Phi) is 5.99. The maximum Gasteiger partial charge on any atom is 0.255 e. The van der Waals surface area contributed by atoms with Gasteiger partial charge in [0.05, 0.1) is 40.8 Å². The first-order valence-corrected chi connectivity index (χ1v) is 10.6. The molecule has 6 nitrogen and oxygen atoms in total. The van der Waals surface area contributed by atoms with E-state index in [1.54, 1.807) is 41.3 Å². The third-order valence-electron chi connectivity index (χ3n) is 5.00. The van der Waals surface area contributed by atoms with E-state index in [9.17, 15) is 9.18 Å². The number of aromatic nitrogens is 4. The van der Waals surface area contributed by atoms with Crippen LogP contribution < -0.4 is 5.32 Å². The Hall–Kier alpha value is -3.26. The van der Waals surface area contributed by atoms with Crippen LogP contribution in [0.5, 0.6) is 0 Å². The van der Waals surface area contributed by atoms with Crippen molar-refractivity contribution < 1.29 is 9.18 Å². The summed E-state index contributed by atoms with van der Waals surface area (Å²) in [4.78, 5) is 12.7. The molecular formula is C23H21BrFN5O. The Bertz CT molecular complexity index is 1250. The zero-order chi connectivity index (χ0) is 22.0. The summed E-state index contributed by atoms with van der Waals surface area (Å²) in [6, 6.07) is 14.0. The number of benzene rings is 2. The average Bonchev–Trinajstić information content (AvgIpc) is 3.29. The minimum absolute atomic E-state index is 0.234. The number of carbonyl (C=O) groups is 1. The number of anilines is 1. The molecule has 0 atom stereocenters. The van der Waals surface area contributed by atoms with E-state index in [0.717, 1.165) is 21.4 Å². The molecule has 2 aromatic carbocycles. The molecule has 0 radical (unpaired) electrons. The number of aryl methyl sites for hydroxylation is 1. The van der Waals surface area contributed by atoms with E-state index in [1.165, 1.54) is 6.07 Å². The van der Waals surface area contributed by atoms with E-state index in [2.05, 4.69) is 31.4 Å². The second kappa shape index (κ2) is 8.85. The highest BCUT2D eigenvalue weighted by atomic mass is 79.9. The highest BCUT2D eigenvalue weighted by Gasteiger charge is 2.12. The van der Waals surface area contributed by atoms with Crippen LogP contribution in [0.2, 0.25) is 0 Å². The van der Waals surface area contributed by atoms with Crippen LogP contribution in [-0.4, -0.2) is 25.5 Å². The van der Waals surface area contributed by atoms with Gasteiger partial charge in [0.15, 0.2) is 0 Å². The van der Waals surface area contributed by atoms with Gasteiger partial charge in [0.25, 0.3) is 5.91 Å². The molecule has 158 valence electrons. The molecule has 0 saturated carbocycles. The highest BCUT2D eigenvalue weighted by molar-refractivity contribution is 9.10. The lowest BCUT2D eigenvalue weighted by atomic mass is 10.1. The SMILES string of the molecule is Cc1nn(Cc2cccc(C(=O)Nc3cnn(Cc4ccccc4F)c3)c2)c(C)c1Br. The molecule has 0 bridgehead atoms. The van der Waals surface area contributed by atoms with Crippen molar-refractivity contribution in [3.8, 4) is 0 Å². The molecule has 2 aromatic heterocycles. The van der Waals surface area contributed by atoms with Gasteiger partial charge in [0, 0.05) is 17.3 Å². The third-order valence-corrected chi connectivity index (χ3v) is 6.14. The van der Waals surface area contributed by atoms with Gasteiger partial charge in [-0.1, -0.05) is 30.3 Å². The molecule has 8 heteroatoms. The van der Waals surface area contributed by atoms with Crippen molar-refractivity contribution in [2.24, 2.45) is 0 Å². The van der Waals surface area contributed by atoms with Crippen molar-refractivity contribution >= 4 is 27.5 Å². The van der Waals surface area contributed by atoms with Gasteiger partial charge in [0.2, 0.25) is 0 Å². The van der Waals surface area contributed by atoms with Crippen LogP contribution in [0.25, 0.3) is 0 Å². The molecule has 0 aliphatic heterocycles. The van der Waals surface area contributed by atoms with E-state index in [1.807, 2.05) is 36.7 Å². The molecule has 0 unspecified atom stereocenters. The van der Waals surface area contributed by atoms with Crippen LogP contribution in [0.4, 0.5) is 10.1 Å². The second-order valence-corrected chi connectivity index (χ2v) is 8.11. The van der Waals surface area contributed by atoms with E-state index in [0.29, 0.717) is 23.4 Å². The summed E-state index contributed by atoms with van der Waals surface area (Å²) in [6.45, 7) is 4.81. The standard InChI is InChI=1S/C23H21BrFN5O/c1-15-22(24)16(2)30(28-15)12-17-6-5-8-18(10-17)23(31)27-20-11-26-29(14-20)13-19-7-3-4-9-21(19)25/h3-11,14H,12-13H2,1-2H3,(H,27,31). The van der Waals surface area contributed by atoms with E-state index in [4.69, 9.17) is 0 Å². The minimum Gasteiger partial charge on any atom is -0.319 e. The van der Waals surface area contributed by atoms with Gasteiger partial charge in [-0.15, -0.1) is 0 Å². The van der Waals surface area contributed by atoms with Crippen molar-refractivity contribution in [2.75, 3.05) is 5.32 Å². The number of hydrogen-bond acceptors (Lipinski definition) is 3. The van der Waals surface area contributed by atoms with Crippen LogP contribution in [0.1, 0.15) is 32.9 Å². The van der Waals surface area contributed by atoms with E-state index in [-0.39, 0.29) is 18.3 Å². The Balaban J connectivity index is 1.44. The largest absolute Gasteiger partial charge is 0.319 e. The molecular weight excluding hydrogens is 461 g/mol. The number of rotatable bonds is 6. The Morgan fingerprint density at radius 1 is 1.13 bits per heavy atom. The smallest absolute Gasteiger partial charge is 0.255 e. The first-order valence-electron chi connectivity index (χ1n) is 9.76. The molecule has 1 amide bonds. The fourth-order valence-corrected chi connectivity index (χ4v) is 3.62. The van der Waals surface area contributed by atoms with Gasteiger partial charge in [-0.3, -0.25) is 14.2 Å². The maximum atomic E-state index is 13.8. The van der Waals surface area contributed by atoms with Crippen molar-refractivity contribution in [1.29, 1.82) is 0 Å². The molecule has 4 rings (SSSR count). The summed E-state index contributed by atoms with van der Waals surface area (Å²) in [5.74, 6) is -0.517. The monoisotopic (exact) mass is 481 g/mol. The van der Waals surface area contributed by atoms with Crippen LogP contribution in [-0.2, 0) is 13.1 Å². The predicted molar refractivity (Wildman–Crippen MR) is 121 cm³/mol. The number of nitrogens with zero attached hydrogens (tertiary/aromatic N) is 4. The topological polar surface area (TPSA) is 64.7 Å². The van der Waals surface area contributed by atoms with Crippen LogP contribution >= 0.6 is 15.9 Å². The van der Waals surface area contributed by atoms with Gasteiger partial charge in [-0.2, -0.15) is 10.2 Å². The van der Waals surface area contributed by atoms with Crippen molar-refractivity contribution in [3.63, 3.8) is 0 Å². The normalized spacial score (nSPS) is 11.0. The van der Waals surface area contributed by atoms with E-state index >= 15 is 0 Å². The van der Waals surface area contributed by atoms with Gasteiger partial charge in [-0.25, -0.2) is 4.39 Å². The molecule has 0 spiro atoms. The molecule has 4 aromatic rings. The summed E-state index contributed by atoms with van der Waals surface area (Å²) < 4.78 is 18.3. The lowest BCUT2D eigenvalue weighted by Gasteiger charge is -2.08. The van der Waals surface area contributed by atoms with Gasteiger partial charge < -0.3 is 5.32 Å². The quantitative estimate of drug-likeness (QED) is 0.423. The molecule has 2 heterocycles. The summed E-state index contributed by atoms with van der Waals surface area (Å²) in [7, 11) is 0. The van der Waals surface area contributed by atoms with Crippen molar-refractivity contribution in [1.82, 2.24) is 19.6 Å². The molecule has 0 aliphatic carbocycles. The first kappa shape index (κ1) is 21.0. The average molecular weight is 482 g/mol. The summed E-state index contributed by atoms with van der Waals surface area (Å²) >= 11 is 3.54. The molecule has 0 aliphatic rings. The zero-order valence-corrected chi connectivity index (χ0v) is 18.7. The molecule has 0 fully saturated rings. The lowest BCUT2D eigenvalue weighted by molar-refractivity contribution is 0.102. The Morgan fingerprint density at radius 2 is 1.94 bits per heavy atom. The van der Waals surface area contributed by atoms with E-state index < -0.39 is 0 Å². The molecule has 0 saturated heterocycles. The predicted octanol–water partition coefficient (Wildman–Crippen LogP) is 4.95. The third kappa shape index (κ3) is 4.74. The van der Waals surface area contributed by atoms with Crippen molar-refractivity contribution in [3.05, 3.63) is 99.3 Å². The summed E-state index contributed by atoms with van der Waals surface area (Å²) in [6.07, 6.45) is 3.23. The van der Waals surface area contributed by atoms with Crippen molar-refractivity contribution in [2.45, 2.75) is 26.9 Å². The number of halogens is 2. The zero-order valence-electron chi connectivity index (χ0n) is 17.1. The number of carbonyl (C=O) groups excluding carboxylic acids is 1. The van der Waals surface area contributed by atoms with Crippen LogP contribution in [0, 0.1) is 19.7 Å². The number of nitrogens with one attached hydrogen (secondary N) is 1. The fourth-order valence-electron chi connectivity index (χ4n) is 3.33. The Morgan fingerprint density at radius 3 is 2.68 bits per heavy atom. The highest BCUT2D eigenvalue weighted by Crippen LogP contribution is 2.21. The number of amides is 1. The number of hydrogen-bond donors (Lipinski definition) is 1. The fraction of sp³-hybridized carbons (Fsp3) is 0.174. The van der Waals surface area contributed by atoms with Gasteiger partial charge in [-0.05, 0) is 53.5 Å². The lowest BCUT2D eigenvalue weighted by Crippen LogP contribution is -2.12. The van der Waals surface area contributed by atoms with Gasteiger partial charge >= 0.3 is 0 Å². The minimum atomic E-state index is -0.282.